The lowest BCUT2D eigenvalue weighted by molar-refractivity contribution is -0.117. The maximum Gasteiger partial charge on any atom is 0.426 e. The summed E-state index contributed by atoms with van der Waals surface area (Å²) in [7, 11) is 3.05. The van der Waals surface area contributed by atoms with Gasteiger partial charge in [-0.2, -0.15) is 0 Å². The number of hydrazine groups is 2. The van der Waals surface area contributed by atoms with Gasteiger partial charge in [0.1, 0.15) is 17.0 Å². The van der Waals surface area contributed by atoms with E-state index in [1.54, 1.807) is 56.2 Å². The second-order valence-corrected chi connectivity index (χ2v) is 10.7. The summed E-state index contributed by atoms with van der Waals surface area (Å²) in [5.74, 6) is 4.89. The van der Waals surface area contributed by atoms with Gasteiger partial charge in [0.2, 0.25) is 11.8 Å². The number of rotatable bonds is 8. The van der Waals surface area contributed by atoms with Crippen LogP contribution in [0.25, 0.3) is 23.5 Å². The molecule has 4 rings (SSSR count). The van der Waals surface area contributed by atoms with Crippen LogP contribution in [-0.2, 0) is 14.3 Å². The number of hydrogen-bond acceptors (Lipinski definition) is 11. The Morgan fingerprint density at radius 1 is 0.755 bits per heavy atom. The van der Waals surface area contributed by atoms with E-state index in [1.807, 2.05) is 48.4 Å². The molecule has 0 aliphatic carbocycles. The normalized spacial score (nSPS) is 10.6. The van der Waals surface area contributed by atoms with E-state index < -0.39 is 23.5 Å². The number of nitrogens with one attached hydrogen (secondary N) is 3. The molecule has 0 radical (unpaired) electrons. The lowest BCUT2D eigenvalue weighted by Crippen LogP contribution is -2.43. The van der Waals surface area contributed by atoms with Gasteiger partial charge in [-0.3, -0.25) is 20.4 Å². The van der Waals surface area contributed by atoms with Crippen LogP contribution >= 0.6 is 24.8 Å². The van der Waals surface area contributed by atoms with Crippen LogP contribution in [0, 0.1) is 13.8 Å². The molecule has 0 spiro atoms. The zero-order valence-electron chi connectivity index (χ0n) is 28.0. The maximum absolute atomic E-state index is 11.8. The monoisotopic (exact) mass is 718 g/mol. The molecule has 0 bridgehead atoms. The van der Waals surface area contributed by atoms with Crippen molar-refractivity contribution in [3.63, 3.8) is 0 Å². The van der Waals surface area contributed by atoms with Gasteiger partial charge in [0.25, 0.3) is 11.8 Å². The zero-order chi connectivity index (χ0) is 34.6. The number of aryl methyl sites for hydroxylation is 2. The molecule has 0 aromatic carbocycles. The lowest BCUT2D eigenvalue weighted by Gasteiger charge is -2.19. The SMILES string of the molecule is COc1nc(/C=C/C(=O)NN)ccc1-n1cnc(C)c1.COc1nc(/C=C/C(=O)NNC(=O)OC(C)(C)C)ccc1-n1cnc(C)c1.Cl.Cl. The Labute approximate surface area is 295 Å². The van der Waals surface area contributed by atoms with Crippen molar-refractivity contribution in [3.05, 3.63) is 84.2 Å². The number of hydrogen-bond donors (Lipinski definition) is 4. The van der Waals surface area contributed by atoms with Gasteiger partial charge in [0, 0.05) is 24.5 Å². The van der Waals surface area contributed by atoms with E-state index in [0.717, 1.165) is 22.8 Å². The highest BCUT2D eigenvalue weighted by molar-refractivity contribution is 5.92. The number of methoxy groups -OCH3 is 2. The van der Waals surface area contributed by atoms with E-state index in [9.17, 15) is 14.4 Å². The summed E-state index contributed by atoms with van der Waals surface area (Å²) in [5, 5.41) is 0. The molecule has 49 heavy (non-hydrogen) atoms. The first-order valence-corrected chi connectivity index (χ1v) is 14.1. The van der Waals surface area contributed by atoms with E-state index in [0.29, 0.717) is 23.1 Å². The molecule has 0 fully saturated rings. The Balaban J connectivity index is 0.000000489. The molecule has 0 saturated carbocycles. The standard InChI is InChI=1S/C18H23N5O4.C13H15N5O2.2ClH/c1-12-10-23(11-19-12)14-8-6-13(20-16(14)26-5)7-9-15(24)21-22-17(25)27-18(2,3)4;1-9-7-18(8-15-9)11-5-3-10(16-13(11)20-2)4-6-12(19)17-14;;/h6-11H,1-5H3,(H,21,24)(H,22,25);3-8H,14H2,1-2H3,(H,17,19);2*1H/b9-7+;6-4+;;. The first-order valence-electron chi connectivity index (χ1n) is 14.1. The topological polar surface area (TPSA) is 202 Å². The molecule has 0 aliphatic heterocycles. The number of ether oxygens (including phenoxy) is 3. The molecule has 3 amide bonds. The van der Waals surface area contributed by atoms with E-state index in [1.165, 1.54) is 32.4 Å². The summed E-state index contributed by atoms with van der Waals surface area (Å²) in [4.78, 5) is 51.3. The van der Waals surface area contributed by atoms with Crippen LogP contribution in [0.15, 0.2) is 61.5 Å². The van der Waals surface area contributed by atoms with Crippen LogP contribution in [-0.4, -0.2) is 66.8 Å². The molecular weight excluding hydrogens is 679 g/mol. The number of imidazole rings is 2. The van der Waals surface area contributed by atoms with Gasteiger partial charge < -0.3 is 23.3 Å². The molecular formula is C31H40Cl2N10O6. The van der Waals surface area contributed by atoms with Crippen LogP contribution in [0.1, 0.15) is 43.5 Å². The van der Waals surface area contributed by atoms with Crippen molar-refractivity contribution in [2.75, 3.05) is 14.2 Å². The molecule has 0 unspecified atom stereocenters. The number of nitrogens with two attached hydrogens (primary N) is 1. The average molecular weight is 720 g/mol. The van der Waals surface area contributed by atoms with Gasteiger partial charge in [-0.05, 0) is 71.0 Å². The fourth-order valence-corrected chi connectivity index (χ4v) is 3.71. The minimum absolute atomic E-state index is 0. The number of carbonyl (C=O) groups is 3. The van der Waals surface area contributed by atoms with E-state index >= 15 is 0 Å². The third kappa shape index (κ3) is 13.3. The molecule has 4 aromatic rings. The largest absolute Gasteiger partial charge is 0.479 e. The number of nitrogens with zero attached hydrogens (tertiary/aromatic N) is 6. The fourth-order valence-electron chi connectivity index (χ4n) is 3.71. The number of pyridine rings is 2. The smallest absolute Gasteiger partial charge is 0.426 e. The summed E-state index contributed by atoms with van der Waals surface area (Å²) in [6.45, 7) is 8.96. The van der Waals surface area contributed by atoms with E-state index in [-0.39, 0.29) is 24.8 Å². The first kappa shape index (κ1) is 41.6. The van der Waals surface area contributed by atoms with Crippen molar-refractivity contribution < 1.29 is 28.6 Å². The Bertz CT molecular complexity index is 1770. The molecule has 18 heteroatoms. The third-order valence-electron chi connectivity index (χ3n) is 5.73. The Morgan fingerprint density at radius 2 is 1.20 bits per heavy atom. The summed E-state index contributed by atoms with van der Waals surface area (Å²) in [5.41, 5.74) is 10.1. The van der Waals surface area contributed by atoms with Crippen LogP contribution in [0.2, 0.25) is 0 Å². The second kappa shape index (κ2) is 19.4. The number of amides is 3. The Morgan fingerprint density at radius 3 is 1.57 bits per heavy atom. The minimum Gasteiger partial charge on any atom is -0.479 e. The zero-order valence-corrected chi connectivity index (χ0v) is 29.6. The summed E-state index contributed by atoms with van der Waals surface area (Å²) in [6, 6.07) is 7.15. The van der Waals surface area contributed by atoms with Crippen molar-refractivity contribution in [1.29, 1.82) is 0 Å². The molecule has 4 aromatic heterocycles. The highest BCUT2D eigenvalue weighted by Gasteiger charge is 2.16. The number of aromatic nitrogens is 6. The van der Waals surface area contributed by atoms with Crippen LogP contribution in [0.5, 0.6) is 11.8 Å². The van der Waals surface area contributed by atoms with Crippen molar-refractivity contribution in [1.82, 2.24) is 45.3 Å². The summed E-state index contributed by atoms with van der Waals surface area (Å²) in [6.07, 6.45) is 11.9. The fraction of sp³-hybridized carbons (Fsp3) is 0.258. The van der Waals surface area contributed by atoms with Gasteiger partial charge in [0.15, 0.2) is 0 Å². The van der Waals surface area contributed by atoms with Gasteiger partial charge in [-0.25, -0.2) is 36.0 Å². The van der Waals surface area contributed by atoms with Crippen molar-refractivity contribution in [2.24, 2.45) is 5.84 Å². The first-order chi connectivity index (χ1) is 22.3. The molecule has 0 saturated heterocycles. The summed E-state index contributed by atoms with van der Waals surface area (Å²) >= 11 is 0. The molecule has 264 valence electrons. The van der Waals surface area contributed by atoms with Crippen LogP contribution < -0.4 is 31.6 Å². The number of carbonyl (C=O) groups excluding carboxylic acids is 3. The highest BCUT2D eigenvalue weighted by atomic mass is 35.5. The quantitative estimate of drug-likeness (QED) is 0.0897. The van der Waals surface area contributed by atoms with Crippen LogP contribution in [0.3, 0.4) is 0 Å². The molecule has 16 nitrogen and oxygen atoms in total. The Hall–Kier alpha value is -5.45. The predicted octanol–water partition coefficient (Wildman–Crippen LogP) is 3.58. The van der Waals surface area contributed by atoms with Gasteiger partial charge in [0.05, 0.1) is 49.6 Å². The van der Waals surface area contributed by atoms with E-state index in [2.05, 4.69) is 30.8 Å². The molecule has 0 atom stereocenters. The molecule has 5 N–H and O–H groups in total. The van der Waals surface area contributed by atoms with E-state index in [4.69, 9.17) is 20.1 Å². The molecule has 0 aliphatic rings. The Kier molecular flexibility index (Phi) is 16.5. The van der Waals surface area contributed by atoms with Crippen molar-refractivity contribution in [2.45, 2.75) is 40.2 Å². The van der Waals surface area contributed by atoms with Gasteiger partial charge >= 0.3 is 6.09 Å². The number of halogens is 2. The van der Waals surface area contributed by atoms with Gasteiger partial charge in [-0.1, -0.05) is 0 Å². The highest BCUT2D eigenvalue weighted by Crippen LogP contribution is 2.22. The predicted molar refractivity (Wildman–Crippen MR) is 188 cm³/mol. The summed E-state index contributed by atoms with van der Waals surface area (Å²) < 4.78 is 19.2. The average Bonchev–Trinajstić information content (AvgIpc) is 3.68. The van der Waals surface area contributed by atoms with Crippen molar-refractivity contribution >= 4 is 54.9 Å². The maximum atomic E-state index is 11.8. The third-order valence-corrected chi connectivity index (χ3v) is 5.73. The lowest BCUT2D eigenvalue weighted by atomic mass is 10.2. The molecule has 4 heterocycles. The van der Waals surface area contributed by atoms with Gasteiger partial charge in [-0.15, -0.1) is 24.8 Å². The minimum atomic E-state index is -0.746. The van der Waals surface area contributed by atoms with Crippen molar-refractivity contribution in [3.8, 4) is 23.1 Å². The van der Waals surface area contributed by atoms with Crippen LogP contribution in [0.4, 0.5) is 4.79 Å². The second-order valence-electron chi connectivity index (χ2n) is 10.7.